The van der Waals surface area contributed by atoms with Crippen molar-refractivity contribution >= 4 is 11.8 Å². The maximum absolute atomic E-state index is 10.7. The Labute approximate surface area is 111 Å². The van der Waals surface area contributed by atoms with Gasteiger partial charge in [0.2, 0.25) is 5.78 Å². The van der Waals surface area contributed by atoms with E-state index in [4.69, 9.17) is 0 Å². The van der Waals surface area contributed by atoms with E-state index in [-0.39, 0.29) is 57.1 Å². The Morgan fingerprint density at radius 2 is 2.17 bits per heavy atom. The summed E-state index contributed by atoms with van der Waals surface area (Å²) >= 11 is 0. The van der Waals surface area contributed by atoms with Crippen LogP contribution in [-0.4, -0.2) is 21.3 Å². The molecule has 0 atom stereocenters. The number of ketones is 1. The molecular weight excluding hydrogens is 187 g/mol. The van der Waals surface area contributed by atoms with Crippen LogP contribution in [0.15, 0.2) is 12.5 Å². The Morgan fingerprint density at radius 3 is 2.50 bits per heavy atom. The van der Waals surface area contributed by atoms with Crippen molar-refractivity contribution in [2.45, 2.75) is 0 Å². The van der Waals surface area contributed by atoms with Crippen molar-refractivity contribution < 1.29 is 66.1 Å². The van der Waals surface area contributed by atoms with Gasteiger partial charge in [0.1, 0.15) is 11.7 Å². The minimum atomic E-state index is -1.71. The first-order valence-electron chi connectivity index (χ1n) is 2.85. The Bertz CT molecular complexity index is 307. The summed E-state index contributed by atoms with van der Waals surface area (Å²) in [6.07, 6.45) is 2.52. The smallest absolute Gasteiger partial charge is 0.541 e. The minimum Gasteiger partial charge on any atom is -0.541 e. The van der Waals surface area contributed by atoms with E-state index in [9.17, 15) is 14.7 Å². The van der Waals surface area contributed by atoms with Gasteiger partial charge in [-0.05, 0) is 0 Å². The van der Waals surface area contributed by atoms with E-state index in [0.717, 1.165) is 0 Å². The number of carboxylic acids is 1. The summed E-state index contributed by atoms with van der Waals surface area (Å²) in [4.78, 5) is 24.3. The van der Waals surface area contributed by atoms with E-state index in [0.29, 0.717) is 0 Å². The second-order valence-electron chi connectivity index (χ2n) is 2.01. The molecule has 0 unspecified atom stereocenters. The summed E-state index contributed by atoms with van der Waals surface area (Å²) in [5, 5.41) is 10.0. The average Bonchev–Trinajstić information content (AvgIpc) is 2.33. The van der Waals surface area contributed by atoms with Crippen LogP contribution < -0.4 is 56.5 Å². The fraction of sp³-hybridized carbons (Fsp3) is 0.167. The van der Waals surface area contributed by atoms with Crippen LogP contribution >= 0.6 is 0 Å². The SMILES string of the molecule is Cn1cncc1C(=O)C(=O)[O-].[K+]. The molecule has 5 nitrogen and oxygen atoms in total. The van der Waals surface area contributed by atoms with Crippen molar-refractivity contribution in [2.75, 3.05) is 0 Å². The van der Waals surface area contributed by atoms with Crippen molar-refractivity contribution in [3.63, 3.8) is 0 Å². The molecule has 1 aromatic rings. The van der Waals surface area contributed by atoms with Gasteiger partial charge in [0.25, 0.3) is 0 Å². The number of hydrogen-bond donors (Lipinski definition) is 0. The Hall–Kier alpha value is -0.0136. The maximum atomic E-state index is 10.7. The number of aryl methyl sites for hydroxylation is 1. The number of Topliss-reactive ketones (excluding diaryl/α,β-unsaturated/α-hetero) is 1. The van der Waals surface area contributed by atoms with E-state index in [2.05, 4.69) is 4.98 Å². The monoisotopic (exact) mass is 192 g/mol. The molecule has 12 heavy (non-hydrogen) atoms. The van der Waals surface area contributed by atoms with Gasteiger partial charge >= 0.3 is 51.4 Å². The summed E-state index contributed by atoms with van der Waals surface area (Å²) in [5.41, 5.74) is 0.0185. The van der Waals surface area contributed by atoms with Gasteiger partial charge in [-0.15, -0.1) is 0 Å². The molecule has 0 saturated carbocycles. The molecule has 0 fully saturated rings. The third-order valence-corrected chi connectivity index (χ3v) is 1.23. The molecule has 58 valence electrons. The number of hydrogen-bond acceptors (Lipinski definition) is 4. The normalized spacial score (nSPS) is 8.75. The molecule has 1 heterocycles. The standard InChI is InChI=1S/C6H6N2O3.K/c1-8-3-7-2-4(8)5(9)6(10)11;/h2-3H,1H3,(H,10,11);/q;+1/p-1. The zero-order valence-electron chi connectivity index (χ0n) is 6.77. The first-order chi connectivity index (χ1) is 5.13. The van der Waals surface area contributed by atoms with Crippen LogP contribution in [0.3, 0.4) is 0 Å². The van der Waals surface area contributed by atoms with Crippen molar-refractivity contribution in [1.82, 2.24) is 9.55 Å². The van der Waals surface area contributed by atoms with Gasteiger partial charge in [0.05, 0.1) is 12.5 Å². The second kappa shape index (κ2) is 4.88. The number of nitrogens with zero attached hydrogens (tertiary/aromatic N) is 2. The molecule has 0 amide bonds. The Balaban J connectivity index is 0.00000121. The topological polar surface area (TPSA) is 75.0 Å². The predicted molar refractivity (Wildman–Crippen MR) is 32.5 cm³/mol. The molecule has 0 saturated heterocycles. The third-order valence-electron chi connectivity index (χ3n) is 1.23. The first-order valence-corrected chi connectivity index (χ1v) is 2.85. The van der Waals surface area contributed by atoms with Gasteiger partial charge in [0, 0.05) is 7.05 Å². The molecule has 0 aliphatic carbocycles. The van der Waals surface area contributed by atoms with Gasteiger partial charge in [-0.25, -0.2) is 4.98 Å². The van der Waals surface area contributed by atoms with E-state index in [1.54, 1.807) is 0 Å². The number of carbonyl (C=O) groups is 2. The molecule has 1 aromatic heterocycles. The van der Waals surface area contributed by atoms with Crippen molar-refractivity contribution in [3.05, 3.63) is 18.2 Å². The zero-order valence-corrected chi connectivity index (χ0v) is 9.90. The van der Waals surface area contributed by atoms with Gasteiger partial charge < -0.3 is 14.5 Å². The Morgan fingerprint density at radius 1 is 1.58 bits per heavy atom. The van der Waals surface area contributed by atoms with Crippen LogP contribution in [0.4, 0.5) is 0 Å². The maximum Gasteiger partial charge on any atom is 1.00 e. The fourth-order valence-corrected chi connectivity index (χ4v) is 0.681. The number of aromatic nitrogens is 2. The zero-order chi connectivity index (χ0) is 8.43. The van der Waals surface area contributed by atoms with E-state index < -0.39 is 11.8 Å². The summed E-state index contributed by atoms with van der Waals surface area (Å²) in [6, 6.07) is 0. The van der Waals surface area contributed by atoms with Gasteiger partial charge in [-0.3, -0.25) is 4.79 Å². The Kier molecular flexibility index (Phi) is 4.87. The summed E-state index contributed by atoms with van der Waals surface area (Å²) in [7, 11) is 1.53. The average molecular weight is 192 g/mol. The molecule has 0 aliphatic rings. The van der Waals surface area contributed by atoms with Crippen LogP contribution in [0.1, 0.15) is 10.5 Å². The molecule has 0 aliphatic heterocycles. The molecule has 0 aromatic carbocycles. The molecule has 0 bridgehead atoms. The van der Waals surface area contributed by atoms with E-state index in [1.807, 2.05) is 0 Å². The number of aliphatic carboxylic acids is 1. The number of carbonyl (C=O) groups excluding carboxylic acids is 2. The quantitative estimate of drug-likeness (QED) is 0.268. The van der Waals surface area contributed by atoms with Crippen LogP contribution in [-0.2, 0) is 11.8 Å². The van der Waals surface area contributed by atoms with E-state index >= 15 is 0 Å². The van der Waals surface area contributed by atoms with Crippen molar-refractivity contribution in [3.8, 4) is 0 Å². The molecule has 6 heteroatoms. The van der Waals surface area contributed by atoms with Gasteiger partial charge in [0.15, 0.2) is 0 Å². The first kappa shape index (κ1) is 12.0. The molecule has 0 spiro atoms. The number of imidazole rings is 1. The predicted octanol–water partition coefficient (Wildman–Crippen LogP) is -4.64. The second-order valence-corrected chi connectivity index (χ2v) is 2.01. The minimum absolute atomic E-state index is 0. The van der Waals surface area contributed by atoms with E-state index in [1.165, 1.54) is 24.1 Å². The van der Waals surface area contributed by atoms with Crippen molar-refractivity contribution in [1.29, 1.82) is 0 Å². The molecule has 1 rings (SSSR count). The number of carboxylic acid groups (broad SMARTS) is 1. The third kappa shape index (κ3) is 2.49. The fourth-order valence-electron chi connectivity index (χ4n) is 0.681. The van der Waals surface area contributed by atoms with Crippen LogP contribution in [0.5, 0.6) is 0 Å². The summed E-state index contributed by atoms with van der Waals surface area (Å²) < 4.78 is 1.32. The molecule has 0 N–H and O–H groups in total. The molecular formula is C6H5KN2O3. The van der Waals surface area contributed by atoms with Crippen LogP contribution in [0, 0.1) is 0 Å². The largest absolute Gasteiger partial charge is 1.00 e. The summed E-state index contributed by atoms with van der Waals surface area (Å²) in [5.74, 6) is -2.77. The van der Waals surface area contributed by atoms with Gasteiger partial charge in [-0.2, -0.15) is 0 Å². The number of rotatable bonds is 2. The summed E-state index contributed by atoms with van der Waals surface area (Å²) in [6.45, 7) is 0. The van der Waals surface area contributed by atoms with Crippen LogP contribution in [0.2, 0.25) is 0 Å². The molecule has 0 radical (unpaired) electrons. The van der Waals surface area contributed by atoms with Crippen molar-refractivity contribution in [2.24, 2.45) is 7.05 Å². The van der Waals surface area contributed by atoms with Crippen LogP contribution in [0.25, 0.3) is 0 Å². The van der Waals surface area contributed by atoms with Gasteiger partial charge in [-0.1, -0.05) is 0 Å².